The van der Waals surface area contributed by atoms with Gasteiger partial charge in [-0.3, -0.25) is 4.79 Å². The SMILES string of the molecule is N#Cc1cc2ccccc2nc1NC(=O)CC1CCCCO1. The lowest BCUT2D eigenvalue weighted by Gasteiger charge is -2.21. The molecule has 0 spiro atoms. The van der Waals surface area contributed by atoms with Crippen LogP contribution >= 0.6 is 0 Å². The molecule has 1 saturated heterocycles. The van der Waals surface area contributed by atoms with E-state index in [1.807, 2.05) is 24.3 Å². The number of carbonyl (C=O) groups excluding carboxylic acids is 1. The van der Waals surface area contributed by atoms with Gasteiger partial charge in [-0.05, 0) is 31.4 Å². The number of amides is 1. The highest BCUT2D eigenvalue weighted by Gasteiger charge is 2.19. The van der Waals surface area contributed by atoms with Gasteiger partial charge in [-0.15, -0.1) is 0 Å². The number of hydrogen-bond donors (Lipinski definition) is 1. The minimum absolute atomic E-state index is 0.0280. The minimum Gasteiger partial charge on any atom is -0.378 e. The maximum absolute atomic E-state index is 12.1. The van der Waals surface area contributed by atoms with Crippen molar-refractivity contribution in [3.8, 4) is 6.07 Å². The van der Waals surface area contributed by atoms with Crippen LogP contribution in [0, 0.1) is 11.3 Å². The molecule has 1 amide bonds. The number of benzene rings is 1. The molecule has 0 saturated carbocycles. The summed E-state index contributed by atoms with van der Waals surface area (Å²) in [5.74, 6) is 0.160. The maximum atomic E-state index is 12.1. The van der Waals surface area contributed by atoms with Gasteiger partial charge in [-0.25, -0.2) is 4.98 Å². The normalized spacial score (nSPS) is 17.9. The van der Waals surface area contributed by atoms with E-state index in [1.54, 1.807) is 6.07 Å². The molecule has 1 aliphatic heterocycles. The van der Waals surface area contributed by atoms with Crippen molar-refractivity contribution in [1.82, 2.24) is 4.98 Å². The fourth-order valence-corrected chi connectivity index (χ4v) is 2.65. The van der Waals surface area contributed by atoms with Crippen molar-refractivity contribution in [2.24, 2.45) is 0 Å². The van der Waals surface area contributed by atoms with Crippen LogP contribution in [0.15, 0.2) is 30.3 Å². The Balaban J connectivity index is 1.77. The number of aromatic nitrogens is 1. The van der Waals surface area contributed by atoms with Crippen LogP contribution in [0.1, 0.15) is 31.2 Å². The van der Waals surface area contributed by atoms with E-state index >= 15 is 0 Å². The van der Waals surface area contributed by atoms with E-state index in [0.29, 0.717) is 17.8 Å². The molecule has 3 rings (SSSR count). The molecule has 5 nitrogen and oxygen atoms in total. The summed E-state index contributed by atoms with van der Waals surface area (Å²) in [5, 5.41) is 12.9. The number of ether oxygens (including phenoxy) is 1. The summed E-state index contributed by atoms with van der Waals surface area (Å²) in [6.45, 7) is 0.718. The first-order valence-corrected chi connectivity index (χ1v) is 7.47. The van der Waals surface area contributed by atoms with E-state index in [1.165, 1.54) is 0 Å². The first-order valence-electron chi connectivity index (χ1n) is 7.47. The monoisotopic (exact) mass is 295 g/mol. The third kappa shape index (κ3) is 3.23. The number of fused-ring (bicyclic) bond motifs is 1. The number of nitrogens with one attached hydrogen (secondary N) is 1. The van der Waals surface area contributed by atoms with E-state index in [-0.39, 0.29) is 12.0 Å². The van der Waals surface area contributed by atoms with E-state index in [0.717, 1.165) is 36.8 Å². The topological polar surface area (TPSA) is 75.0 Å². The molecule has 0 bridgehead atoms. The second kappa shape index (κ2) is 6.54. The van der Waals surface area contributed by atoms with Gasteiger partial charge in [0.2, 0.25) is 5.91 Å². The lowest BCUT2D eigenvalue weighted by atomic mass is 10.1. The van der Waals surface area contributed by atoms with Crippen molar-refractivity contribution < 1.29 is 9.53 Å². The van der Waals surface area contributed by atoms with Crippen LogP contribution in [0.25, 0.3) is 10.9 Å². The van der Waals surface area contributed by atoms with Gasteiger partial charge < -0.3 is 10.1 Å². The van der Waals surface area contributed by atoms with Crippen molar-refractivity contribution in [2.75, 3.05) is 11.9 Å². The smallest absolute Gasteiger partial charge is 0.228 e. The van der Waals surface area contributed by atoms with Crippen LogP contribution in [-0.2, 0) is 9.53 Å². The second-order valence-electron chi connectivity index (χ2n) is 5.43. The number of para-hydroxylation sites is 1. The molecule has 1 aromatic heterocycles. The largest absolute Gasteiger partial charge is 0.378 e. The third-order valence-corrected chi connectivity index (χ3v) is 3.79. The standard InChI is InChI=1S/C17H17N3O2/c18-11-13-9-12-5-1-2-7-15(12)19-17(13)20-16(21)10-14-6-3-4-8-22-14/h1-2,5,7,9,14H,3-4,6,8,10H2,(H,19,20,21). The maximum Gasteiger partial charge on any atom is 0.228 e. The zero-order valence-electron chi connectivity index (χ0n) is 12.2. The highest BCUT2D eigenvalue weighted by Crippen LogP contribution is 2.21. The molecule has 1 aliphatic rings. The van der Waals surface area contributed by atoms with Crippen LogP contribution in [-0.4, -0.2) is 23.6 Å². The first-order chi connectivity index (χ1) is 10.8. The Morgan fingerprint density at radius 2 is 2.27 bits per heavy atom. The minimum atomic E-state index is -0.161. The van der Waals surface area contributed by atoms with Gasteiger partial charge in [0.25, 0.3) is 0 Å². The summed E-state index contributed by atoms with van der Waals surface area (Å²) < 4.78 is 5.57. The van der Waals surface area contributed by atoms with Crippen LogP contribution in [0.2, 0.25) is 0 Å². The molecule has 22 heavy (non-hydrogen) atoms. The second-order valence-corrected chi connectivity index (χ2v) is 5.43. The third-order valence-electron chi connectivity index (χ3n) is 3.79. The Morgan fingerprint density at radius 3 is 3.05 bits per heavy atom. The van der Waals surface area contributed by atoms with Crippen molar-refractivity contribution in [1.29, 1.82) is 5.26 Å². The number of hydrogen-bond acceptors (Lipinski definition) is 4. The molecule has 1 unspecified atom stereocenters. The molecule has 0 radical (unpaired) electrons. The average Bonchev–Trinajstić information content (AvgIpc) is 2.55. The van der Waals surface area contributed by atoms with E-state index in [2.05, 4.69) is 16.4 Å². The highest BCUT2D eigenvalue weighted by atomic mass is 16.5. The molecule has 5 heteroatoms. The number of nitrogens with zero attached hydrogens (tertiary/aromatic N) is 2. The summed E-state index contributed by atoms with van der Waals surface area (Å²) >= 11 is 0. The molecule has 2 aromatic rings. The Labute approximate surface area is 128 Å². The van der Waals surface area contributed by atoms with Gasteiger partial charge in [0, 0.05) is 12.0 Å². The number of rotatable bonds is 3. The average molecular weight is 295 g/mol. The lowest BCUT2D eigenvalue weighted by Crippen LogP contribution is -2.26. The molecule has 1 aromatic carbocycles. The predicted octanol–water partition coefficient (Wildman–Crippen LogP) is 3.00. The summed E-state index contributed by atoms with van der Waals surface area (Å²) in [6.07, 6.45) is 3.33. The summed E-state index contributed by atoms with van der Waals surface area (Å²) in [5.41, 5.74) is 1.13. The van der Waals surface area contributed by atoms with Crippen LogP contribution in [0.3, 0.4) is 0 Å². The molecule has 1 fully saturated rings. The van der Waals surface area contributed by atoms with Crippen LogP contribution < -0.4 is 5.32 Å². The van der Waals surface area contributed by atoms with Gasteiger partial charge in [-0.2, -0.15) is 5.26 Å². The molecular formula is C17H17N3O2. The summed E-state index contributed by atoms with van der Waals surface area (Å²) in [4.78, 5) is 16.5. The van der Waals surface area contributed by atoms with Gasteiger partial charge in [-0.1, -0.05) is 18.2 Å². The van der Waals surface area contributed by atoms with Crippen molar-refractivity contribution in [2.45, 2.75) is 31.8 Å². The van der Waals surface area contributed by atoms with Gasteiger partial charge in [0.15, 0.2) is 5.82 Å². The molecule has 1 N–H and O–H groups in total. The molecule has 2 heterocycles. The van der Waals surface area contributed by atoms with E-state index in [9.17, 15) is 10.1 Å². The summed E-state index contributed by atoms with van der Waals surface area (Å²) in [6, 6.07) is 11.4. The molecular weight excluding hydrogens is 278 g/mol. The van der Waals surface area contributed by atoms with E-state index in [4.69, 9.17) is 4.74 Å². The number of pyridine rings is 1. The Morgan fingerprint density at radius 1 is 1.41 bits per heavy atom. The lowest BCUT2D eigenvalue weighted by molar-refractivity contribution is -0.119. The Bertz CT molecular complexity index is 730. The zero-order valence-corrected chi connectivity index (χ0v) is 12.2. The van der Waals surface area contributed by atoms with Gasteiger partial charge in [0.1, 0.15) is 6.07 Å². The fraction of sp³-hybridized carbons (Fsp3) is 0.353. The Kier molecular flexibility index (Phi) is 4.31. The first kappa shape index (κ1) is 14.5. The molecule has 0 aliphatic carbocycles. The van der Waals surface area contributed by atoms with Gasteiger partial charge in [0.05, 0.1) is 23.6 Å². The number of anilines is 1. The Hall–Kier alpha value is -2.45. The van der Waals surface area contributed by atoms with Crippen molar-refractivity contribution in [3.63, 3.8) is 0 Å². The van der Waals surface area contributed by atoms with Crippen LogP contribution in [0.5, 0.6) is 0 Å². The molecule has 1 atom stereocenters. The molecule has 112 valence electrons. The quantitative estimate of drug-likeness (QED) is 0.944. The number of nitriles is 1. The van der Waals surface area contributed by atoms with Crippen molar-refractivity contribution in [3.05, 3.63) is 35.9 Å². The summed E-state index contributed by atoms with van der Waals surface area (Å²) in [7, 11) is 0. The fourth-order valence-electron chi connectivity index (χ4n) is 2.65. The predicted molar refractivity (Wildman–Crippen MR) is 83.3 cm³/mol. The van der Waals surface area contributed by atoms with Gasteiger partial charge >= 0.3 is 0 Å². The van der Waals surface area contributed by atoms with Crippen LogP contribution in [0.4, 0.5) is 5.82 Å². The highest BCUT2D eigenvalue weighted by molar-refractivity contribution is 5.93. The number of carbonyl (C=O) groups is 1. The van der Waals surface area contributed by atoms with E-state index < -0.39 is 0 Å². The zero-order chi connectivity index (χ0) is 15.4. The van der Waals surface area contributed by atoms with Crippen molar-refractivity contribution >= 4 is 22.6 Å².